The highest BCUT2D eigenvalue weighted by atomic mass is 35.5. The van der Waals surface area contributed by atoms with Gasteiger partial charge in [0.25, 0.3) is 0 Å². The molecule has 60 heavy (non-hydrogen) atoms. The van der Waals surface area contributed by atoms with Crippen molar-refractivity contribution >= 4 is 47.6 Å². The van der Waals surface area contributed by atoms with E-state index in [1.807, 2.05) is 0 Å². The number of hydrogen-bond acceptors (Lipinski definition) is 11. The molecule has 3 aromatic carbocycles. The number of benzene rings is 3. The number of alkyl carbamates (subject to hydrolysis) is 1. The quantitative estimate of drug-likeness (QED) is 0.0156. The van der Waals surface area contributed by atoms with Crippen LogP contribution in [0.4, 0.5) is 4.79 Å². The Hall–Kier alpha value is -6.31. The zero-order chi connectivity index (χ0) is 44.9. The van der Waals surface area contributed by atoms with E-state index in [1.165, 1.54) is 12.1 Å². The van der Waals surface area contributed by atoms with Gasteiger partial charge in [-0.25, -0.2) is 14.9 Å². The van der Waals surface area contributed by atoms with E-state index < -0.39 is 65.2 Å². The number of amidine groups is 1. The highest BCUT2D eigenvalue weighted by Gasteiger charge is 2.31. The Balaban J connectivity index is 1.87. The number of ether oxygens (including phenoxy) is 1. The molecule has 11 N–H and O–H groups in total. The van der Waals surface area contributed by atoms with Gasteiger partial charge in [0.15, 0.2) is 11.3 Å². The number of rotatable bonds is 24. The van der Waals surface area contributed by atoms with Crippen molar-refractivity contribution in [1.82, 2.24) is 32.0 Å². The number of hydrogen-bond donors (Lipinski definition) is 9. The number of amides is 5. The number of aryl methyl sites for hydroxylation is 2. The van der Waals surface area contributed by atoms with E-state index >= 15 is 0 Å². The van der Waals surface area contributed by atoms with Crippen molar-refractivity contribution < 1.29 is 40.2 Å². The Bertz CT molecular complexity index is 1990. The van der Waals surface area contributed by atoms with Crippen LogP contribution in [0.3, 0.4) is 0 Å². The first-order chi connectivity index (χ1) is 29.1. The Morgan fingerprint density at radius 3 is 2.12 bits per heavy atom. The number of phenolic OH excluding ortho intramolecular Hbond substituents is 1. The third-order valence-electron chi connectivity index (χ3n) is 9.30. The summed E-state index contributed by atoms with van der Waals surface area (Å²) in [6, 6.07) is 13.6. The van der Waals surface area contributed by atoms with E-state index in [-0.39, 0.29) is 64.0 Å². The van der Waals surface area contributed by atoms with E-state index in [2.05, 4.69) is 37.1 Å². The first-order valence-electron chi connectivity index (χ1n) is 19.6. The summed E-state index contributed by atoms with van der Waals surface area (Å²) in [5.41, 5.74) is 11.2. The topological polar surface area (TPSA) is 295 Å². The lowest BCUT2D eigenvalue weighted by Gasteiger charge is -2.27. The SMILES string of the molecule is [2H]C(=N[N+](=O)[O-])N[C@@H](CCCNN)C(=O)N[C@@H](Cc1c(C)cc(O)cc1C)C(=O)N[C@@H](CCCCNC(=O)OCc1ccccc1Cl)C(=O)N[C@@H](Cc1ccccc1)C(N)=O. The number of hydrazine groups is 1. The lowest BCUT2D eigenvalue weighted by molar-refractivity contribution is -0.484. The average molecular weight is 854 g/mol. The fraction of sp³-hybridized carbons (Fsp3) is 0.400. The minimum Gasteiger partial charge on any atom is -0.508 e. The van der Waals surface area contributed by atoms with Crippen LogP contribution in [0.2, 0.25) is 5.02 Å². The number of nitrogens with zero attached hydrogens (tertiary/aromatic N) is 2. The molecule has 0 aromatic heterocycles. The van der Waals surface area contributed by atoms with E-state index in [1.54, 1.807) is 68.4 Å². The van der Waals surface area contributed by atoms with Gasteiger partial charge in [0.2, 0.25) is 23.6 Å². The van der Waals surface area contributed by atoms with Crippen LogP contribution in [0.25, 0.3) is 0 Å². The molecule has 0 bridgehead atoms. The highest BCUT2D eigenvalue weighted by Crippen LogP contribution is 2.22. The van der Waals surface area contributed by atoms with Gasteiger partial charge >= 0.3 is 6.09 Å². The fourth-order valence-corrected chi connectivity index (χ4v) is 6.35. The summed E-state index contributed by atoms with van der Waals surface area (Å²) in [6.45, 7) is 3.75. The van der Waals surface area contributed by atoms with Gasteiger partial charge in [0.05, 0.1) is 5.10 Å². The molecule has 324 valence electrons. The second kappa shape index (κ2) is 25.2. The summed E-state index contributed by atoms with van der Waals surface area (Å²) in [4.78, 5) is 77.9. The van der Waals surface area contributed by atoms with Gasteiger partial charge in [-0.1, -0.05) is 60.1 Å². The molecule has 19 nitrogen and oxygen atoms in total. The lowest BCUT2D eigenvalue weighted by Crippen LogP contribution is -2.58. The number of nitrogens with two attached hydrogens (primary N) is 2. The molecule has 0 aliphatic carbocycles. The Labute approximate surface area is 353 Å². The molecule has 0 heterocycles. The molecule has 0 saturated heterocycles. The van der Waals surface area contributed by atoms with E-state index in [9.17, 15) is 39.2 Å². The Morgan fingerprint density at radius 1 is 0.867 bits per heavy atom. The number of aromatic hydroxyl groups is 1. The maximum Gasteiger partial charge on any atom is 0.407 e. The summed E-state index contributed by atoms with van der Waals surface area (Å²) in [5, 5.41) is 36.4. The van der Waals surface area contributed by atoms with Gasteiger partial charge in [-0.05, 0) is 86.4 Å². The van der Waals surface area contributed by atoms with Crippen LogP contribution < -0.4 is 43.6 Å². The molecule has 4 atom stereocenters. The summed E-state index contributed by atoms with van der Waals surface area (Å²) in [5.74, 6) is 2.17. The van der Waals surface area contributed by atoms with Gasteiger partial charge in [0, 0.05) is 36.5 Å². The molecule has 0 radical (unpaired) electrons. The van der Waals surface area contributed by atoms with Crippen LogP contribution in [0.5, 0.6) is 5.75 Å². The highest BCUT2D eigenvalue weighted by molar-refractivity contribution is 6.31. The Morgan fingerprint density at radius 2 is 1.47 bits per heavy atom. The molecule has 5 amide bonds. The largest absolute Gasteiger partial charge is 0.508 e. The summed E-state index contributed by atoms with van der Waals surface area (Å²) < 4.78 is 13.1. The van der Waals surface area contributed by atoms with Gasteiger partial charge in [-0.15, -0.1) is 0 Å². The fourth-order valence-electron chi connectivity index (χ4n) is 6.16. The smallest absolute Gasteiger partial charge is 0.407 e. The van der Waals surface area contributed by atoms with Crippen LogP contribution >= 0.6 is 11.6 Å². The molecule has 20 heteroatoms. The zero-order valence-electron chi connectivity index (χ0n) is 34.4. The molecule has 3 rings (SSSR count). The zero-order valence-corrected chi connectivity index (χ0v) is 34.1. The van der Waals surface area contributed by atoms with Crippen molar-refractivity contribution in [3.05, 3.63) is 110 Å². The van der Waals surface area contributed by atoms with Crippen molar-refractivity contribution in [2.75, 3.05) is 13.1 Å². The molecule has 0 unspecified atom stereocenters. The summed E-state index contributed by atoms with van der Waals surface area (Å²) in [7, 11) is 0. The lowest BCUT2D eigenvalue weighted by atomic mass is 9.95. The number of carbonyl (C=O) groups excluding carboxylic acids is 5. The van der Waals surface area contributed by atoms with Crippen LogP contribution in [0, 0.1) is 24.0 Å². The maximum absolute atomic E-state index is 14.3. The second-order valence-corrected chi connectivity index (χ2v) is 14.3. The van der Waals surface area contributed by atoms with Crippen LogP contribution in [-0.2, 0) is 43.4 Å². The van der Waals surface area contributed by atoms with Crippen molar-refractivity contribution in [3.63, 3.8) is 0 Å². The number of hydrazone groups is 1. The van der Waals surface area contributed by atoms with Crippen molar-refractivity contribution in [2.24, 2.45) is 16.7 Å². The summed E-state index contributed by atoms with van der Waals surface area (Å²) in [6.07, 6.45) is -0.750. The molecule has 0 saturated carbocycles. The number of phenols is 1. The first-order valence-corrected chi connectivity index (χ1v) is 19.5. The molecular formula is C40H53ClN10O9. The molecule has 3 aromatic rings. The maximum atomic E-state index is 14.3. The number of nitro groups is 1. The number of unbranched alkanes of at least 4 members (excludes halogenated alkanes) is 1. The van der Waals surface area contributed by atoms with E-state index in [0.29, 0.717) is 39.3 Å². The molecule has 0 fully saturated rings. The first kappa shape index (κ1) is 46.4. The van der Waals surface area contributed by atoms with Gasteiger partial charge in [-0.3, -0.25) is 30.4 Å². The van der Waals surface area contributed by atoms with Crippen molar-refractivity contribution in [1.29, 1.82) is 0 Å². The number of nitrogens with one attached hydrogen (secondary N) is 6. The van der Waals surface area contributed by atoms with Crippen molar-refractivity contribution in [2.45, 2.75) is 89.6 Å². The van der Waals surface area contributed by atoms with Crippen molar-refractivity contribution in [3.8, 4) is 5.75 Å². The van der Waals surface area contributed by atoms with Gasteiger partial charge < -0.3 is 42.2 Å². The van der Waals surface area contributed by atoms with Gasteiger partial charge in [0.1, 0.15) is 37.9 Å². The monoisotopic (exact) mass is 853 g/mol. The molecule has 0 spiro atoms. The Kier molecular flexibility index (Phi) is 19.5. The van der Waals surface area contributed by atoms with E-state index in [4.69, 9.17) is 29.3 Å². The predicted octanol–water partition coefficient (Wildman–Crippen LogP) is 1.91. The minimum absolute atomic E-state index is 0.0124. The molecular weight excluding hydrogens is 800 g/mol. The normalized spacial score (nSPS) is 13.4. The number of primary amides is 1. The van der Waals surface area contributed by atoms with Crippen LogP contribution in [-0.4, -0.2) is 83.4 Å². The predicted molar refractivity (Wildman–Crippen MR) is 224 cm³/mol. The number of carbonyl (C=O) groups is 5. The van der Waals surface area contributed by atoms with Crippen LogP contribution in [0.1, 0.15) is 61.3 Å². The van der Waals surface area contributed by atoms with E-state index in [0.717, 1.165) is 0 Å². The van der Waals surface area contributed by atoms with Gasteiger partial charge in [-0.2, -0.15) is 0 Å². The standard InChI is InChI=1S/C40H53ClN10O9/c1-25-19-29(52)20-26(2)30(25)22-35(50-37(54)32(16-10-18-46-43)45-24-47-51(58)59)39(56)48-33(38(55)49-34(36(42)53)21-27-11-4-3-5-12-27)15-8-9-17-44-40(57)60-23-28-13-6-7-14-31(28)41/h3-7,11-14,19-20,24,32-35,46,52H,8-10,15-18,21-23,43H2,1-2H3,(H2,42,53)(H,44,57)(H,45,47)(H,48,56)(H,49,55)(H,50,54)/t32-,33-,34-,35-/m0/s1/i24D. The molecule has 0 aliphatic rings. The second-order valence-electron chi connectivity index (χ2n) is 13.9. The third-order valence-corrected chi connectivity index (χ3v) is 9.67. The average Bonchev–Trinajstić information content (AvgIpc) is 3.20. The number of halogens is 1. The van der Waals surface area contributed by atoms with Crippen LogP contribution in [0.15, 0.2) is 71.8 Å². The summed E-state index contributed by atoms with van der Waals surface area (Å²) >= 11 is 6.14. The molecule has 0 aliphatic heterocycles. The third kappa shape index (κ3) is 16.9. The minimum atomic E-state index is -1.38.